The molecule has 0 bridgehead atoms. The number of benzene rings is 2. The van der Waals surface area contributed by atoms with Crippen molar-refractivity contribution in [2.75, 3.05) is 14.2 Å². The van der Waals surface area contributed by atoms with Gasteiger partial charge in [-0.1, -0.05) is 12.1 Å². The van der Waals surface area contributed by atoms with E-state index in [1.807, 2.05) is 0 Å². The Balaban J connectivity index is 2.29. The second kappa shape index (κ2) is 5.44. The van der Waals surface area contributed by atoms with Gasteiger partial charge in [0.05, 0.1) is 19.8 Å². The first kappa shape index (κ1) is 14.0. The minimum Gasteiger partial charge on any atom is -0.508 e. The molecule has 2 aromatic carbocycles. The summed E-state index contributed by atoms with van der Waals surface area (Å²) in [6.07, 6.45) is 1.40. The summed E-state index contributed by atoms with van der Waals surface area (Å²) < 4.78 is 16.0. The van der Waals surface area contributed by atoms with E-state index in [1.165, 1.54) is 32.6 Å². The fourth-order valence-electron chi connectivity index (χ4n) is 2.31. The van der Waals surface area contributed by atoms with Crippen LogP contribution in [0.15, 0.2) is 51.9 Å². The SMILES string of the molecule is COc1cc(OC)c2c(=O)c(-c3ccc(O)cc3)coc2c1. The molecule has 1 aromatic heterocycles. The predicted molar refractivity (Wildman–Crippen MR) is 82.7 cm³/mol. The molecule has 0 fully saturated rings. The van der Waals surface area contributed by atoms with Gasteiger partial charge in [-0.05, 0) is 17.7 Å². The van der Waals surface area contributed by atoms with Crippen LogP contribution < -0.4 is 14.9 Å². The van der Waals surface area contributed by atoms with Crippen LogP contribution in [0, 0.1) is 0 Å². The lowest BCUT2D eigenvalue weighted by Gasteiger charge is -2.09. The highest BCUT2D eigenvalue weighted by Gasteiger charge is 2.15. The molecule has 0 saturated carbocycles. The summed E-state index contributed by atoms with van der Waals surface area (Å²) in [4.78, 5) is 12.7. The maximum Gasteiger partial charge on any atom is 0.204 e. The maximum absolute atomic E-state index is 12.7. The summed E-state index contributed by atoms with van der Waals surface area (Å²) in [5.41, 5.74) is 1.25. The van der Waals surface area contributed by atoms with Crippen LogP contribution in [0.4, 0.5) is 0 Å². The van der Waals surface area contributed by atoms with Gasteiger partial charge in [0.15, 0.2) is 0 Å². The summed E-state index contributed by atoms with van der Waals surface area (Å²) in [6.45, 7) is 0. The molecule has 0 spiro atoms. The number of phenols is 1. The lowest BCUT2D eigenvalue weighted by atomic mass is 10.0. The van der Waals surface area contributed by atoms with Crippen LogP contribution in [0.3, 0.4) is 0 Å². The van der Waals surface area contributed by atoms with Gasteiger partial charge in [0.25, 0.3) is 0 Å². The minimum absolute atomic E-state index is 0.135. The van der Waals surface area contributed by atoms with E-state index in [-0.39, 0.29) is 11.2 Å². The molecule has 112 valence electrons. The number of rotatable bonds is 3. The van der Waals surface area contributed by atoms with E-state index in [0.717, 1.165) is 0 Å². The molecule has 0 unspecified atom stereocenters. The van der Waals surface area contributed by atoms with Gasteiger partial charge in [0.1, 0.15) is 34.5 Å². The summed E-state index contributed by atoms with van der Waals surface area (Å²) >= 11 is 0. The average Bonchev–Trinajstić information content (AvgIpc) is 2.55. The molecule has 0 amide bonds. The summed E-state index contributed by atoms with van der Waals surface area (Å²) in [7, 11) is 3.02. The largest absolute Gasteiger partial charge is 0.508 e. The number of ether oxygens (including phenoxy) is 2. The van der Waals surface area contributed by atoms with Crippen molar-refractivity contribution in [2.45, 2.75) is 0 Å². The lowest BCUT2D eigenvalue weighted by molar-refractivity contribution is 0.396. The zero-order valence-electron chi connectivity index (χ0n) is 12.1. The Kier molecular flexibility index (Phi) is 3.47. The van der Waals surface area contributed by atoms with Crippen molar-refractivity contribution in [1.29, 1.82) is 0 Å². The molecule has 0 aliphatic heterocycles. The zero-order chi connectivity index (χ0) is 15.7. The number of phenolic OH excluding ortho intramolecular Hbond substituents is 1. The Morgan fingerprint density at radius 3 is 2.41 bits per heavy atom. The highest BCUT2D eigenvalue weighted by Crippen LogP contribution is 2.31. The van der Waals surface area contributed by atoms with E-state index in [9.17, 15) is 9.90 Å². The van der Waals surface area contributed by atoms with Gasteiger partial charge in [0.2, 0.25) is 5.43 Å². The summed E-state index contributed by atoms with van der Waals surface area (Å²) in [6, 6.07) is 9.63. The normalized spacial score (nSPS) is 10.6. The van der Waals surface area contributed by atoms with Crippen molar-refractivity contribution >= 4 is 11.0 Å². The van der Waals surface area contributed by atoms with E-state index in [1.54, 1.807) is 24.3 Å². The predicted octanol–water partition coefficient (Wildman–Crippen LogP) is 3.18. The molecule has 0 aliphatic rings. The number of fused-ring (bicyclic) bond motifs is 1. The van der Waals surface area contributed by atoms with Crippen molar-refractivity contribution in [3.8, 4) is 28.4 Å². The van der Waals surface area contributed by atoms with Crippen LogP contribution in [0.25, 0.3) is 22.1 Å². The average molecular weight is 298 g/mol. The van der Waals surface area contributed by atoms with Gasteiger partial charge in [0, 0.05) is 12.1 Å². The maximum atomic E-state index is 12.7. The fourth-order valence-corrected chi connectivity index (χ4v) is 2.31. The molecule has 1 N–H and O–H groups in total. The molecule has 0 aliphatic carbocycles. The Morgan fingerprint density at radius 2 is 1.77 bits per heavy atom. The quantitative estimate of drug-likeness (QED) is 0.804. The molecule has 3 rings (SSSR count). The van der Waals surface area contributed by atoms with Gasteiger partial charge in [-0.25, -0.2) is 0 Å². The summed E-state index contributed by atoms with van der Waals surface area (Å²) in [5.74, 6) is 1.07. The van der Waals surface area contributed by atoms with E-state index >= 15 is 0 Å². The molecule has 0 saturated heterocycles. The Labute approximate surface area is 126 Å². The second-order valence-corrected chi connectivity index (χ2v) is 4.73. The van der Waals surface area contributed by atoms with Crippen LogP contribution in [0.2, 0.25) is 0 Å². The Bertz CT molecular complexity index is 878. The topological polar surface area (TPSA) is 68.9 Å². The summed E-state index contributed by atoms with van der Waals surface area (Å²) in [5, 5.41) is 9.70. The van der Waals surface area contributed by atoms with Gasteiger partial charge in [-0.15, -0.1) is 0 Å². The molecule has 3 aromatic rings. The molecule has 22 heavy (non-hydrogen) atoms. The molecule has 5 nitrogen and oxygen atoms in total. The zero-order valence-corrected chi connectivity index (χ0v) is 12.1. The first-order valence-electron chi connectivity index (χ1n) is 6.61. The second-order valence-electron chi connectivity index (χ2n) is 4.73. The van der Waals surface area contributed by atoms with E-state index in [4.69, 9.17) is 13.9 Å². The monoisotopic (exact) mass is 298 g/mol. The molecule has 0 atom stereocenters. The van der Waals surface area contributed by atoms with Crippen molar-refractivity contribution < 1.29 is 19.0 Å². The van der Waals surface area contributed by atoms with Gasteiger partial charge in [-0.2, -0.15) is 0 Å². The Hall–Kier alpha value is -2.95. The highest BCUT2D eigenvalue weighted by atomic mass is 16.5. The lowest BCUT2D eigenvalue weighted by Crippen LogP contribution is -2.06. The van der Waals surface area contributed by atoms with Gasteiger partial charge < -0.3 is 19.0 Å². The Morgan fingerprint density at radius 1 is 1.05 bits per heavy atom. The fraction of sp³-hybridized carbons (Fsp3) is 0.118. The number of hydrogen-bond donors (Lipinski definition) is 1. The number of hydrogen-bond acceptors (Lipinski definition) is 5. The third-order valence-corrected chi connectivity index (χ3v) is 3.45. The van der Waals surface area contributed by atoms with Crippen LogP contribution in [0.1, 0.15) is 0 Å². The van der Waals surface area contributed by atoms with Crippen molar-refractivity contribution in [3.05, 3.63) is 52.9 Å². The molecular weight excluding hydrogens is 284 g/mol. The minimum atomic E-state index is -0.202. The third kappa shape index (κ3) is 2.26. The van der Waals surface area contributed by atoms with Crippen molar-refractivity contribution in [3.63, 3.8) is 0 Å². The first-order chi connectivity index (χ1) is 10.6. The first-order valence-corrected chi connectivity index (χ1v) is 6.61. The van der Waals surface area contributed by atoms with E-state index in [0.29, 0.717) is 33.6 Å². The smallest absolute Gasteiger partial charge is 0.204 e. The highest BCUT2D eigenvalue weighted by molar-refractivity contribution is 5.88. The molecular formula is C17H14O5. The molecule has 0 radical (unpaired) electrons. The molecule has 5 heteroatoms. The third-order valence-electron chi connectivity index (χ3n) is 3.45. The standard InChI is InChI=1S/C17H14O5/c1-20-12-7-14(21-2)16-15(8-12)22-9-13(17(16)19)10-3-5-11(18)6-4-10/h3-9,18H,1-2H3. The van der Waals surface area contributed by atoms with Crippen LogP contribution in [-0.4, -0.2) is 19.3 Å². The number of methoxy groups -OCH3 is 2. The molecule has 1 heterocycles. The van der Waals surface area contributed by atoms with Crippen molar-refractivity contribution in [1.82, 2.24) is 0 Å². The van der Waals surface area contributed by atoms with E-state index < -0.39 is 0 Å². The van der Waals surface area contributed by atoms with Crippen LogP contribution in [0.5, 0.6) is 17.2 Å². The van der Waals surface area contributed by atoms with E-state index in [2.05, 4.69) is 0 Å². The van der Waals surface area contributed by atoms with Gasteiger partial charge >= 0.3 is 0 Å². The van der Waals surface area contributed by atoms with Crippen LogP contribution >= 0.6 is 0 Å². The van der Waals surface area contributed by atoms with Crippen LogP contribution in [-0.2, 0) is 0 Å². The van der Waals surface area contributed by atoms with Gasteiger partial charge in [-0.3, -0.25) is 4.79 Å². The number of aromatic hydroxyl groups is 1. The van der Waals surface area contributed by atoms with Crippen molar-refractivity contribution in [2.24, 2.45) is 0 Å².